The van der Waals surface area contributed by atoms with Crippen molar-refractivity contribution < 1.29 is 23.9 Å². The molecule has 0 unspecified atom stereocenters. The van der Waals surface area contributed by atoms with Crippen LogP contribution < -0.4 is 11.1 Å². The van der Waals surface area contributed by atoms with Gasteiger partial charge in [-0.05, 0) is 75.1 Å². The van der Waals surface area contributed by atoms with E-state index in [1.165, 1.54) is 22.8 Å². The molecule has 246 valence electrons. The molecule has 0 bridgehead atoms. The van der Waals surface area contributed by atoms with Gasteiger partial charge in [-0.3, -0.25) is 19.2 Å². The molecule has 0 heterocycles. The number of hydrogen-bond donors (Lipinski definition) is 2. The molecular formula is C37H48N4O5. The smallest absolute Gasteiger partial charge is 0.303 e. The van der Waals surface area contributed by atoms with Crippen LogP contribution in [0, 0.1) is 0 Å². The second-order valence-corrected chi connectivity index (χ2v) is 13.3. The van der Waals surface area contributed by atoms with Crippen LogP contribution in [0.2, 0.25) is 0 Å². The van der Waals surface area contributed by atoms with E-state index >= 15 is 0 Å². The lowest BCUT2D eigenvalue weighted by Crippen LogP contribution is -2.60. The van der Waals surface area contributed by atoms with E-state index in [-0.39, 0.29) is 18.9 Å². The Hall–Kier alpha value is -4.50. The average molecular weight is 629 g/mol. The van der Waals surface area contributed by atoms with E-state index in [0.29, 0.717) is 12.0 Å². The minimum atomic E-state index is -1.50. The van der Waals surface area contributed by atoms with E-state index in [0.717, 1.165) is 16.3 Å². The Balaban J connectivity index is 2.07. The Morgan fingerprint density at radius 2 is 1.50 bits per heavy atom. The van der Waals surface area contributed by atoms with Gasteiger partial charge in [-0.2, -0.15) is 0 Å². The number of hydrogen-bond acceptors (Lipinski definition) is 6. The molecule has 46 heavy (non-hydrogen) atoms. The molecular weight excluding hydrogens is 580 g/mol. The third-order valence-electron chi connectivity index (χ3n) is 8.10. The number of esters is 1. The molecule has 0 aliphatic carbocycles. The molecule has 3 N–H and O–H groups in total. The third kappa shape index (κ3) is 9.26. The third-order valence-corrected chi connectivity index (χ3v) is 8.10. The van der Waals surface area contributed by atoms with Crippen molar-refractivity contribution in [3.8, 4) is 0 Å². The Kier molecular flexibility index (Phi) is 11.5. The number of rotatable bonds is 13. The zero-order valence-electron chi connectivity index (χ0n) is 28.3. The van der Waals surface area contributed by atoms with Crippen molar-refractivity contribution in [2.45, 2.75) is 77.1 Å². The Morgan fingerprint density at radius 1 is 0.891 bits per heavy atom. The molecule has 2 atom stereocenters. The molecule has 3 aromatic carbocycles. The molecule has 0 fully saturated rings. The van der Waals surface area contributed by atoms with Crippen LogP contribution in [-0.4, -0.2) is 71.3 Å². The summed E-state index contributed by atoms with van der Waals surface area (Å²) in [5.74, 6) is -1.70. The number of likely N-dealkylation sites (N-methyl/N-ethyl adjacent to an activating group) is 2. The maximum absolute atomic E-state index is 14.8. The zero-order chi connectivity index (χ0) is 34.3. The molecule has 3 aromatic rings. The Morgan fingerprint density at radius 3 is 2.11 bits per heavy atom. The van der Waals surface area contributed by atoms with Gasteiger partial charge in [0.25, 0.3) is 5.91 Å². The molecule has 3 amide bonds. The minimum Gasteiger partial charge on any atom is -0.458 e. The molecule has 0 aliphatic rings. The topological polar surface area (TPSA) is 122 Å². The summed E-state index contributed by atoms with van der Waals surface area (Å²) in [7, 11) is 3.17. The van der Waals surface area contributed by atoms with Crippen LogP contribution in [0.4, 0.5) is 0 Å². The van der Waals surface area contributed by atoms with Crippen LogP contribution in [0.25, 0.3) is 10.8 Å². The number of ether oxygens (including phenoxy) is 1. The van der Waals surface area contributed by atoms with Crippen molar-refractivity contribution in [3.05, 3.63) is 96.1 Å². The van der Waals surface area contributed by atoms with Crippen molar-refractivity contribution >= 4 is 34.5 Å². The van der Waals surface area contributed by atoms with Gasteiger partial charge in [-0.1, -0.05) is 72.8 Å². The number of nitrogens with zero attached hydrogens (tertiary/aromatic N) is 2. The van der Waals surface area contributed by atoms with Crippen molar-refractivity contribution in [2.75, 3.05) is 20.6 Å². The van der Waals surface area contributed by atoms with E-state index in [1.807, 2.05) is 86.6 Å². The quantitative estimate of drug-likeness (QED) is 0.209. The summed E-state index contributed by atoms with van der Waals surface area (Å²) in [4.78, 5) is 56.7. The van der Waals surface area contributed by atoms with Crippen LogP contribution in [0.15, 0.2) is 84.9 Å². The van der Waals surface area contributed by atoms with E-state index in [9.17, 15) is 19.2 Å². The number of carbonyl (C=O) groups excluding carboxylic acids is 4. The molecule has 0 radical (unpaired) electrons. The Labute approximate surface area is 272 Å². The first-order valence-electron chi connectivity index (χ1n) is 15.5. The number of amides is 3. The largest absolute Gasteiger partial charge is 0.458 e. The fourth-order valence-corrected chi connectivity index (χ4v) is 5.32. The average Bonchev–Trinajstić information content (AvgIpc) is 3.00. The number of nitrogens with two attached hydrogens (primary N) is 1. The molecule has 0 saturated carbocycles. The van der Waals surface area contributed by atoms with Crippen LogP contribution in [0.3, 0.4) is 0 Å². The van der Waals surface area contributed by atoms with Gasteiger partial charge < -0.3 is 25.6 Å². The number of benzene rings is 3. The fraction of sp³-hybridized carbons (Fsp3) is 0.405. The highest BCUT2D eigenvalue weighted by molar-refractivity contribution is 5.98. The van der Waals surface area contributed by atoms with Gasteiger partial charge in [0.15, 0.2) is 0 Å². The van der Waals surface area contributed by atoms with Gasteiger partial charge in [0.05, 0.1) is 6.54 Å². The van der Waals surface area contributed by atoms with E-state index in [4.69, 9.17) is 10.5 Å². The monoisotopic (exact) mass is 628 g/mol. The number of fused-ring (bicyclic) bond motifs is 1. The van der Waals surface area contributed by atoms with Crippen LogP contribution in [0.5, 0.6) is 0 Å². The van der Waals surface area contributed by atoms with Crippen molar-refractivity contribution in [2.24, 2.45) is 5.73 Å². The summed E-state index contributed by atoms with van der Waals surface area (Å²) in [6.45, 7) is 10.2. The van der Waals surface area contributed by atoms with Gasteiger partial charge >= 0.3 is 5.97 Å². The summed E-state index contributed by atoms with van der Waals surface area (Å²) < 4.78 is 5.36. The van der Waals surface area contributed by atoms with Crippen LogP contribution in [-0.2, 0) is 35.9 Å². The molecule has 0 saturated heterocycles. The minimum absolute atomic E-state index is 0.0430. The van der Waals surface area contributed by atoms with E-state index in [1.54, 1.807) is 40.9 Å². The van der Waals surface area contributed by atoms with Gasteiger partial charge in [-0.25, -0.2) is 0 Å². The first-order valence-corrected chi connectivity index (χ1v) is 15.5. The van der Waals surface area contributed by atoms with Gasteiger partial charge in [0.2, 0.25) is 11.8 Å². The SMILES string of the molecule is CC(=O)OC(C)(C)CNC(=O)[C@@H](Cc1ccccc1)N(C)C(=O)[C@@](C)(c1ccc2ccccc2c1)N(C)C(=O)/C=C/CC(C)(C)N. The highest BCUT2D eigenvalue weighted by Crippen LogP contribution is 2.33. The van der Waals surface area contributed by atoms with E-state index < -0.39 is 40.5 Å². The second kappa shape index (κ2) is 14.7. The normalized spacial score (nSPS) is 13.9. The first-order chi connectivity index (χ1) is 21.4. The lowest BCUT2D eigenvalue weighted by atomic mass is 9.86. The maximum Gasteiger partial charge on any atom is 0.303 e. The van der Waals surface area contributed by atoms with Gasteiger partial charge in [0, 0.05) is 33.0 Å². The summed E-state index contributed by atoms with van der Waals surface area (Å²) in [6, 6.07) is 21.9. The molecule has 0 aromatic heterocycles. The molecule has 3 rings (SSSR count). The molecule has 0 spiro atoms. The second-order valence-electron chi connectivity index (χ2n) is 13.3. The van der Waals surface area contributed by atoms with Crippen LogP contribution in [0.1, 0.15) is 59.1 Å². The maximum atomic E-state index is 14.8. The lowest BCUT2D eigenvalue weighted by molar-refractivity contribution is -0.155. The van der Waals surface area contributed by atoms with E-state index in [2.05, 4.69) is 5.32 Å². The van der Waals surface area contributed by atoms with Gasteiger partial charge in [-0.15, -0.1) is 0 Å². The predicted octanol–water partition coefficient (Wildman–Crippen LogP) is 4.72. The molecule has 9 nitrogen and oxygen atoms in total. The summed E-state index contributed by atoms with van der Waals surface area (Å²) >= 11 is 0. The van der Waals surface area contributed by atoms with Crippen molar-refractivity contribution in [1.82, 2.24) is 15.1 Å². The first kappa shape index (κ1) is 36.0. The highest BCUT2D eigenvalue weighted by atomic mass is 16.6. The van der Waals surface area contributed by atoms with Crippen molar-refractivity contribution in [3.63, 3.8) is 0 Å². The summed E-state index contributed by atoms with van der Waals surface area (Å²) in [5.41, 5.74) is 4.61. The summed E-state index contributed by atoms with van der Waals surface area (Å²) in [5, 5.41) is 4.78. The standard InChI is InChI=1S/C37H48N4O5/c1-26(42)46-36(4,5)25-39-33(44)31(23-27-15-10-9-11-16-27)40(7)34(45)37(6,41(8)32(43)19-14-22-35(2,3)38)30-21-20-28-17-12-13-18-29(28)24-30/h9-21,24,31H,22-23,25,38H2,1-8H3,(H,39,44)/b19-14+/t31-,37-/m1/s1. The molecule has 9 heteroatoms. The number of carbonyl (C=O) groups is 4. The predicted molar refractivity (Wildman–Crippen MR) is 182 cm³/mol. The number of nitrogens with one attached hydrogen (secondary N) is 1. The lowest BCUT2D eigenvalue weighted by Gasteiger charge is -2.42. The summed E-state index contributed by atoms with van der Waals surface area (Å²) in [6.07, 6.45) is 3.84. The van der Waals surface area contributed by atoms with Gasteiger partial charge in [0.1, 0.15) is 17.2 Å². The highest BCUT2D eigenvalue weighted by Gasteiger charge is 2.45. The zero-order valence-corrected chi connectivity index (χ0v) is 28.3. The fourth-order valence-electron chi connectivity index (χ4n) is 5.32. The molecule has 0 aliphatic heterocycles. The Bertz CT molecular complexity index is 1580. The van der Waals surface area contributed by atoms with Crippen molar-refractivity contribution in [1.29, 1.82) is 0 Å². The van der Waals surface area contributed by atoms with Crippen LogP contribution >= 0.6 is 0 Å².